The van der Waals surface area contributed by atoms with Gasteiger partial charge in [0.2, 0.25) is 6.17 Å². The van der Waals surface area contributed by atoms with Gasteiger partial charge in [0.15, 0.2) is 0 Å². The van der Waals surface area contributed by atoms with E-state index >= 15 is 0 Å². The minimum atomic E-state index is -1.55. The number of hydrogen-bond acceptors (Lipinski definition) is 6. The molecule has 184 valence electrons. The lowest BCUT2D eigenvalue weighted by Crippen LogP contribution is -2.39. The van der Waals surface area contributed by atoms with Crippen molar-refractivity contribution in [1.29, 1.82) is 0 Å². The Labute approximate surface area is 211 Å². The second kappa shape index (κ2) is 8.41. The second-order valence-electron chi connectivity index (χ2n) is 9.13. The molecule has 0 saturated heterocycles. The van der Waals surface area contributed by atoms with Crippen LogP contribution >= 0.6 is 0 Å². The molecule has 1 atom stereocenters. The summed E-state index contributed by atoms with van der Waals surface area (Å²) in [5, 5.41) is 9.16. The van der Waals surface area contributed by atoms with E-state index in [0.29, 0.717) is 18.7 Å². The van der Waals surface area contributed by atoms with Crippen molar-refractivity contribution in [3.05, 3.63) is 99.1 Å². The molecule has 3 aromatic carbocycles. The molecule has 2 aliphatic rings. The molecule has 0 spiro atoms. The van der Waals surface area contributed by atoms with Crippen molar-refractivity contribution in [2.75, 3.05) is 11.4 Å². The molecule has 4 aromatic rings. The summed E-state index contributed by atoms with van der Waals surface area (Å²) in [6.07, 6.45) is -2.09. The predicted molar refractivity (Wildman–Crippen MR) is 138 cm³/mol. The van der Waals surface area contributed by atoms with Crippen molar-refractivity contribution in [2.24, 2.45) is 4.99 Å². The van der Waals surface area contributed by atoms with Gasteiger partial charge in [0.25, 0.3) is 11.5 Å². The number of aryl methyl sites for hydroxylation is 2. The van der Waals surface area contributed by atoms with Gasteiger partial charge in [0.1, 0.15) is 17.0 Å². The maximum Gasteiger partial charge on any atom is 0.511 e. The standard InChI is InChI=1S/C28H22N4O5/c1-15-13-18-11-12-31-24(18)19(14-15)23(17-7-4-3-5-8-17)30-25(27(31)34)32-16(2)29-20-9-6-10-21(37-28(35)36)22(20)26(32)33/h3-10,13-14,25H,11-12H2,1-2H3,(H,35,36). The maximum atomic E-state index is 14.0. The molecule has 9 nitrogen and oxygen atoms in total. The molecule has 1 N–H and O–H groups in total. The van der Waals surface area contributed by atoms with Crippen LogP contribution in [0.25, 0.3) is 10.9 Å². The van der Waals surface area contributed by atoms with Crippen LogP contribution in [0.2, 0.25) is 0 Å². The Kier molecular flexibility index (Phi) is 5.15. The Hall–Kier alpha value is -4.79. The number of anilines is 1. The molecule has 0 bridgehead atoms. The van der Waals surface area contributed by atoms with Crippen LogP contribution in [0.15, 0.2) is 70.5 Å². The molecule has 3 heterocycles. The van der Waals surface area contributed by atoms with Gasteiger partial charge in [-0.1, -0.05) is 48.0 Å². The molecule has 0 aliphatic carbocycles. The average molecular weight is 495 g/mol. The lowest BCUT2D eigenvalue weighted by molar-refractivity contribution is -0.121. The first-order valence-corrected chi connectivity index (χ1v) is 11.8. The van der Waals surface area contributed by atoms with Gasteiger partial charge in [-0.3, -0.25) is 14.2 Å². The zero-order valence-corrected chi connectivity index (χ0v) is 20.1. The Morgan fingerprint density at radius 2 is 1.84 bits per heavy atom. The summed E-state index contributed by atoms with van der Waals surface area (Å²) in [4.78, 5) is 50.4. The smallest absolute Gasteiger partial charge is 0.449 e. The summed E-state index contributed by atoms with van der Waals surface area (Å²) in [6, 6.07) is 18.2. The topological polar surface area (TPSA) is 114 Å². The highest BCUT2D eigenvalue weighted by Gasteiger charge is 2.38. The first kappa shape index (κ1) is 22.7. The molecule has 37 heavy (non-hydrogen) atoms. The lowest BCUT2D eigenvalue weighted by Gasteiger charge is -2.23. The largest absolute Gasteiger partial charge is 0.511 e. The van der Waals surface area contributed by atoms with E-state index in [-0.39, 0.29) is 28.4 Å². The van der Waals surface area contributed by atoms with E-state index in [4.69, 9.17) is 9.73 Å². The number of carboxylic acid groups (broad SMARTS) is 1. The summed E-state index contributed by atoms with van der Waals surface area (Å²) < 4.78 is 6.11. The van der Waals surface area contributed by atoms with Gasteiger partial charge < -0.3 is 14.7 Å². The molecular weight excluding hydrogens is 472 g/mol. The van der Waals surface area contributed by atoms with Gasteiger partial charge in [-0.25, -0.2) is 14.8 Å². The van der Waals surface area contributed by atoms with E-state index in [1.165, 1.54) is 10.6 Å². The third-order valence-electron chi connectivity index (χ3n) is 6.76. The van der Waals surface area contributed by atoms with Gasteiger partial charge in [0, 0.05) is 17.7 Å². The molecule has 1 unspecified atom stereocenters. The molecule has 1 amide bonds. The van der Waals surface area contributed by atoms with E-state index in [9.17, 15) is 19.5 Å². The van der Waals surface area contributed by atoms with E-state index in [1.807, 2.05) is 43.3 Å². The highest BCUT2D eigenvalue weighted by Crippen LogP contribution is 2.39. The Morgan fingerprint density at radius 1 is 1.05 bits per heavy atom. The summed E-state index contributed by atoms with van der Waals surface area (Å²) in [5.41, 5.74) is 4.86. The normalized spacial score (nSPS) is 16.4. The van der Waals surface area contributed by atoms with Crippen molar-refractivity contribution >= 4 is 34.4 Å². The number of nitrogens with zero attached hydrogens (tertiary/aromatic N) is 4. The number of fused-ring (bicyclic) bond motifs is 1. The first-order chi connectivity index (χ1) is 17.8. The van der Waals surface area contributed by atoms with Crippen molar-refractivity contribution in [3.63, 3.8) is 0 Å². The van der Waals surface area contributed by atoms with Crippen molar-refractivity contribution < 1.29 is 19.4 Å². The summed E-state index contributed by atoms with van der Waals surface area (Å²) in [5.74, 6) is -0.217. The fraction of sp³-hybridized carbons (Fsp3) is 0.179. The Bertz CT molecular complexity index is 1710. The molecule has 0 radical (unpaired) electrons. The van der Waals surface area contributed by atoms with Crippen LogP contribution in [0.3, 0.4) is 0 Å². The minimum Gasteiger partial charge on any atom is -0.449 e. The van der Waals surface area contributed by atoms with Crippen LogP contribution in [-0.4, -0.2) is 39.0 Å². The summed E-state index contributed by atoms with van der Waals surface area (Å²) in [6.45, 7) is 4.12. The van der Waals surface area contributed by atoms with E-state index in [0.717, 1.165) is 27.9 Å². The van der Waals surface area contributed by atoms with Crippen LogP contribution < -0.4 is 15.2 Å². The third kappa shape index (κ3) is 3.58. The molecular formula is C28H22N4O5. The fourth-order valence-electron chi connectivity index (χ4n) is 5.28. The fourth-order valence-corrected chi connectivity index (χ4v) is 5.28. The number of ether oxygens (including phenoxy) is 1. The van der Waals surface area contributed by atoms with Gasteiger partial charge >= 0.3 is 6.16 Å². The zero-order chi connectivity index (χ0) is 25.8. The van der Waals surface area contributed by atoms with E-state index in [1.54, 1.807) is 24.0 Å². The number of carbonyl (C=O) groups excluding carboxylic acids is 1. The number of carbonyl (C=O) groups is 2. The van der Waals surface area contributed by atoms with Crippen LogP contribution in [0, 0.1) is 13.8 Å². The monoisotopic (exact) mass is 494 g/mol. The number of aliphatic imine (C=N–C) groups is 1. The molecule has 2 aliphatic heterocycles. The minimum absolute atomic E-state index is 0.0283. The summed E-state index contributed by atoms with van der Waals surface area (Å²) >= 11 is 0. The Morgan fingerprint density at radius 3 is 2.59 bits per heavy atom. The van der Waals surface area contributed by atoms with Crippen LogP contribution in [-0.2, 0) is 11.2 Å². The second-order valence-corrected chi connectivity index (χ2v) is 9.13. The molecule has 6 rings (SSSR count). The first-order valence-electron chi connectivity index (χ1n) is 11.8. The molecule has 0 saturated carbocycles. The number of rotatable bonds is 3. The predicted octanol–water partition coefficient (Wildman–Crippen LogP) is 4.01. The molecule has 9 heteroatoms. The van der Waals surface area contributed by atoms with Gasteiger partial charge in [-0.15, -0.1) is 0 Å². The van der Waals surface area contributed by atoms with Crippen LogP contribution in [0.1, 0.15) is 34.2 Å². The van der Waals surface area contributed by atoms with Crippen LogP contribution in [0.4, 0.5) is 10.5 Å². The van der Waals surface area contributed by atoms with Gasteiger partial charge in [0.05, 0.1) is 16.9 Å². The van der Waals surface area contributed by atoms with Crippen LogP contribution in [0.5, 0.6) is 5.75 Å². The highest BCUT2D eigenvalue weighted by molar-refractivity contribution is 6.20. The van der Waals surface area contributed by atoms with Gasteiger partial charge in [-0.2, -0.15) is 0 Å². The van der Waals surface area contributed by atoms with Gasteiger partial charge in [-0.05, 0) is 44.0 Å². The summed E-state index contributed by atoms with van der Waals surface area (Å²) in [7, 11) is 0. The number of hydrogen-bond donors (Lipinski definition) is 1. The van der Waals surface area contributed by atoms with E-state index in [2.05, 4.69) is 11.1 Å². The van der Waals surface area contributed by atoms with E-state index < -0.39 is 17.9 Å². The number of aromatic nitrogens is 2. The van der Waals surface area contributed by atoms with Crippen molar-refractivity contribution in [1.82, 2.24) is 9.55 Å². The SMILES string of the molecule is Cc1cc2c3c(c1)C(c1ccccc1)=NC(n1c(C)nc4cccc(OC(=O)O)c4c1=O)C(=O)N3CC2. The quantitative estimate of drug-likeness (QED) is 0.340. The molecule has 0 fully saturated rings. The zero-order valence-electron chi connectivity index (χ0n) is 20.1. The van der Waals surface area contributed by atoms with Crippen molar-refractivity contribution in [2.45, 2.75) is 26.4 Å². The number of amides is 1. The number of benzene rings is 3. The van der Waals surface area contributed by atoms with Crippen molar-refractivity contribution in [3.8, 4) is 5.75 Å². The molecule has 1 aromatic heterocycles. The lowest BCUT2D eigenvalue weighted by atomic mass is 9.96. The third-order valence-corrected chi connectivity index (χ3v) is 6.76. The maximum absolute atomic E-state index is 14.0. The Balaban J connectivity index is 1.65. The highest BCUT2D eigenvalue weighted by atomic mass is 16.7. The average Bonchev–Trinajstić information content (AvgIpc) is 3.24.